The zero-order valence-corrected chi connectivity index (χ0v) is 13.4. The van der Waals surface area contributed by atoms with E-state index in [2.05, 4.69) is 15.5 Å². The number of likely N-dealkylation sites (N-methyl/N-ethyl adjacent to an activating group) is 1. The molecule has 0 saturated heterocycles. The van der Waals surface area contributed by atoms with E-state index in [0.717, 1.165) is 15.6 Å². The van der Waals surface area contributed by atoms with Crippen molar-refractivity contribution in [3.05, 3.63) is 0 Å². The summed E-state index contributed by atoms with van der Waals surface area (Å²) in [5, 5.41) is 19.4. The second kappa shape index (κ2) is 6.12. The van der Waals surface area contributed by atoms with E-state index >= 15 is 0 Å². The second-order valence-corrected chi connectivity index (χ2v) is 7.89. The van der Waals surface area contributed by atoms with Crippen LogP contribution in [0.5, 0.6) is 0 Å². The van der Waals surface area contributed by atoms with E-state index in [4.69, 9.17) is 0 Å². The van der Waals surface area contributed by atoms with Gasteiger partial charge in [-0.1, -0.05) is 18.3 Å². The number of nitrogens with zero attached hydrogens (tertiary/aromatic N) is 3. The minimum Gasteiger partial charge on any atom is -0.389 e. The average Bonchev–Trinajstić information content (AvgIpc) is 2.72. The molecular formula is C10H18N4O4S2. The zero-order valence-electron chi connectivity index (χ0n) is 11.7. The van der Waals surface area contributed by atoms with Crippen molar-refractivity contribution < 1.29 is 18.3 Å². The zero-order chi connectivity index (χ0) is 15.6. The molecule has 1 aromatic heterocycles. The van der Waals surface area contributed by atoms with Gasteiger partial charge in [0.1, 0.15) is 0 Å². The summed E-state index contributed by atoms with van der Waals surface area (Å²) >= 11 is 0.772. The van der Waals surface area contributed by atoms with E-state index in [1.165, 1.54) is 20.8 Å². The van der Waals surface area contributed by atoms with Crippen molar-refractivity contribution in [2.24, 2.45) is 0 Å². The topological polar surface area (TPSA) is 112 Å². The Bertz CT molecular complexity index is 576. The summed E-state index contributed by atoms with van der Waals surface area (Å²) in [5.41, 5.74) is -1.16. The van der Waals surface area contributed by atoms with Crippen LogP contribution in [0, 0.1) is 0 Å². The first-order valence-electron chi connectivity index (χ1n) is 5.90. The molecule has 0 aliphatic carbocycles. The first kappa shape index (κ1) is 17.0. The highest BCUT2D eigenvalue weighted by Gasteiger charge is 2.31. The SMILES string of the molecule is CCN(CC(C)(C)O)S(=O)(=O)c1nnc(NC(C)=O)s1. The van der Waals surface area contributed by atoms with Crippen LogP contribution in [0.3, 0.4) is 0 Å². The molecular weight excluding hydrogens is 304 g/mol. The summed E-state index contributed by atoms with van der Waals surface area (Å²) in [4.78, 5) is 10.9. The minimum absolute atomic E-state index is 0.0547. The highest BCUT2D eigenvalue weighted by Crippen LogP contribution is 2.24. The van der Waals surface area contributed by atoms with Crippen molar-refractivity contribution in [3.63, 3.8) is 0 Å². The Labute approximate surface area is 121 Å². The van der Waals surface area contributed by atoms with Gasteiger partial charge in [0.2, 0.25) is 15.4 Å². The van der Waals surface area contributed by atoms with E-state index in [1.54, 1.807) is 6.92 Å². The summed E-state index contributed by atoms with van der Waals surface area (Å²) in [7, 11) is -3.83. The van der Waals surface area contributed by atoms with Gasteiger partial charge >= 0.3 is 0 Å². The predicted octanol–water partition coefficient (Wildman–Crippen LogP) is 0.278. The lowest BCUT2D eigenvalue weighted by molar-refractivity contribution is -0.114. The number of rotatable bonds is 6. The normalized spacial score (nSPS) is 12.7. The van der Waals surface area contributed by atoms with Crippen molar-refractivity contribution >= 4 is 32.4 Å². The summed E-state index contributed by atoms with van der Waals surface area (Å²) in [6.45, 7) is 6.14. The molecule has 0 aromatic carbocycles. The minimum atomic E-state index is -3.83. The van der Waals surface area contributed by atoms with Crippen molar-refractivity contribution in [3.8, 4) is 0 Å². The number of aromatic nitrogens is 2. The second-order valence-electron chi connectivity index (χ2n) is 4.80. The van der Waals surface area contributed by atoms with Crippen LogP contribution in [0.25, 0.3) is 0 Å². The molecule has 1 heterocycles. The molecule has 0 aliphatic heterocycles. The number of anilines is 1. The summed E-state index contributed by atoms with van der Waals surface area (Å²) in [6, 6.07) is 0. The monoisotopic (exact) mass is 322 g/mol. The lowest BCUT2D eigenvalue weighted by atomic mass is 10.1. The molecule has 0 atom stereocenters. The Morgan fingerprint density at radius 2 is 2.05 bits per heavy atom. The van der Waals surface area contributed by atoms with Gasteiger partial charge in [-0.25, -0.2) is 8.42 Å². The molecule has 20 heavy (non-hydrogen) atoms. The summed E-state index contributed by atoms with van der Waals surface area (Å²) in [6.07, 6.45) is 0. The molecule has 8 nitrogen and oxygen atoms in total. The Morgan fingerprint density at radius 3 is 2.50 bits per heavy atom. The maximum absolute atomic E-state index is 12.4. The number of nitrogens with one attached hydrogen (secondary N) is 1. The highest BCUT2D eigenvalue weighted by molar-refractivity contribution is 7.91. The van der Waals surface area contributed by atoms with E-state index in [1.807, 2.05) is 0 Å². The standard InChI is InChI=1S/C10H18N4O4S2/c1-5-14(6-10(3,4)16)20(17,18)9-13-12-8(19-9)11-7(2)15/h16H,5-6H2,1-4H3,(H,11,12,15). The molecule has 114 valence electrons. The van der Waals surface area contributed by atoms with Crippen LogP contribution >= 0.6 is 11.3 Å². The number of carbonyl (C=O) groups is 1. The van der Waals surface area contributed by atoms with Crippen molar-refractivity contribution in [1.29, 1.82) is 0 Å². The lowest BCUT2D eigenvalue weighted by Crippen LogP contribution is -2.42. The third-order valence-corrected chi connectivity index (χ3v) is 5.27. The van der Waals surface area contributed by atoms with Crippen LogP contribution in [-0.2, 0) is 14.8 Å². The Kier molecular flexibility index (Phi) is 5.19. The molecule has 1 amide bonds. The fraction of sp³-hybridized carbons (Fsp3) is 0.700. The van der Waals surface area contributed by atoms with Crippen LogP contribution < -0.4 is 5.32 Å². The van der Waals surface area contributed by atoms with Crippen LogP contribution in [0.2, 0.25) is 0 Å². The molecule has 0 bridgehead atoms. The first-order chi connectivity index (χ1) is 9.06. The molecule has 1 aromatic rings. The first-order valence-corrected chi connectivity index (χ1v) is 8.15. The molecule has 1 rings (SSSR count). The fourth-order valence-corrected chi connectivity index (χ4v) is 4.11. The largest absolute Gasteiger partial charge is 0.389 e. The van der Waals surface area contributed by atoms with Gasteiger partial charge in [0.25, 0.3) is 10.0 Å². The van der Waals surface area contributed by atoms with Crippen LogP contribution in [0.1, 0.15) is 27.7 Å². The molecule has 0 fully saturated rings. The van der Waals surface area contributed by atoms with Gasteiger partial charge in [0, 0.05) is 20.0 Å². The van der Waals surface area contributed by atoms with Gasteiger partial charge in [0.15, 0.2) is 0 Å². The quantitative estimate of drug-likeness (QED) is 0.727. The predicted molar refractivity (Wildman–Crippen MR) is 74.9 cm³/mol. The van der Waals surface area contributed by atoms with Gasteiger partial charge in [-0.3, -0.25) is 4.79 Å². The average molecular weight is 322 g/mol. The number of sulfonamides is 1. The summed E-state index contributed by atoms with van der Waals surface area (Å²) in [5.74, 6) is -0.353. The number of amides is 1. The van der Waals surface area contributed by atoms with Crippen LogP contribution in [0.15, 0.2) is 4.34 Å². The molecule has 0 spiro atoms. The molecule has 10 heteroatoms. The molecule has 0 unspecified atom stereocenters. The van der Waals surface area contributed by atoms with Crippen molar-refractivity contribution in [1.82, 2.24) is 14.5 Å². The third kappa shape index (κ3) is 4.47. The van der Waals surface area contributed by atoms with Crippen LogP contribution in [-0.4, -0.2) is 52.6 Å². The summed E-state index contributed by atoms with van der Waals surface area (Å²) < 4.78 is 25.6. The van der Waals surface area contributed by atoms with E-state index in [-0.39, 0.29) is 28.5 Å². The fourth-order valence-electron chi connectivity index (χ4n) is 1.42. The van der Waals surface area contributed by atoms with Gasteiger partial charge in [-0.05, 0) is 13.8 Å². The van der Waals surface area contributed by atoms with Crippen LogP contribution in [0.4, 0.5) is 5.13 Å². The Morgan fingerprint density at radius 1 is 1.45 bits per heavy atom. The molecule has 0 aliphatic rings. The lowest BCUT2D eigenvalue weighted by Gasteiger charge is -2.26. The highest BCUT2D eigenvalue weighted by atomic mass is 32.2. The molecule has 0 saturated carbocycles. The smallest absolute Gasteiger partial charge is 0.272 e. The number of carbonyl (C=O) groups excluding carboxylic acids is 1. The van der Waals surface area contributed by atoms with E-state index in [9.17, 15) is 18.3 Å². The van der Waals surface area contributed by atoms with Gasteiger partial charge in [0.05, 0.1) is 5.60 Å². The molecule has 0 radical (unpaired) electrons. The van der Waals surface area contributed by atoms with E-state index < -0.39 is 15.6 Å². The van der Waals surface area contributed by atoms with Gasteiger partial charge in [-0.2, -0.15) is 4.31 Å². The number of hydrogen-bond acceptors (Lipinski definition) is 7. The maximum Gasteiger partial charge on any atom is 0.272 e. The van der Waals surface area contributed by atoms with E-state index in [0.29, 0.717) is 0 Å². The Balaban J connectivity index is 3.02. The van der Waals surface area contributed by atoms with Gasteiger partial charge < -0.3 is 10.4 Å². The number of hydrogen-bond donors (Lipinski definition) is 2. The number of aliphatic hydroxyl groups is 1. The van der Waals surface area contributed by atoms with Gasteiger partial charge in [-0.15, -0.1) is 10.2 Å². The third-order valence-electron chi connectivity index (χ3n) is 2.17. The molecule has 2 N–H and O–H groups in total. The van der Waals surface area contributed by atoms with Crippen molar-refractivity contribution in [2.75, 3.05) is 18.4 Å². The maximum atomic E-state index is 12.4. The van der Waals surface area contributed by atoms with Crippen molar-refractivity contribution in [2.45, 2.75) is 37.6 Å². The Hall–Kier alpha value is -1.10.